The van der Waals surface area contributed by atoms with Crippen molar-refractivity contribution >= 4 is 49.8 Å². The maximum atomic E-state index is 12.0. The van der Waals surface area contributed by atoms with Crippen molar-refractivity contribution in [3.05, 3.63) is 198 Å². The molecule has 0 amide bonds. The summed E-state index contributed by atoms with van der Waals surface area (Å²) in [6.07, 6.45) is 4.19. The van der Waals surface area contributed by atoms with Crippen LogP contribution in [-0.2, 0) is 21.4 Å². The number of hydrogen-bond donors (Lipinski definition) is 0. The Hall–Kier alpha value is -6.52. The van der Waals surface area contributed by atoms with Gasteiger partial charge < -0.3 is 9.47 Å². The molecule has 0 spiro atoms. The lowest BCUT2D eigenvalue weighted by Gasteiger charge is -2.38. The smallest absolute Gasteiger partial charge is 0.335 e. The number of rotatable bonds is 6. The summed E-state index contributed by atoms with van der Waals surface area (Å²) in [5, 5.41) is 6.46. The van der Waals surface area contributed by atoms with Crippen molar-refractivity contribution in [3.63, 3.8) is 0 Å². The second-order valence-electron chi connectivity index (χ2n) is 13.2. The van der Waals surface area contributed by atoms with E-state index in [0.29, 0.717) is 11.5 Å². The van der Waals surface area contributed by atoms with Crippen molar-refractivity contribution in [1.82, 2.24) is 0 Å². The molecule has 7 aromatic rings. The number of benzene rings is 7. The van der Waals surface area contributed by atoms with Gasteiger partial charge in [-0.25, -0.2) is 9.59 Å². The Morgan fingerprint density at radius 2 is 1.10 bits per heavy atom. The van der Waals surface area contributed by atoms with Crippen LogP contribution in [0.15, 0.2) is 164 Å². The largest absolute Gasteiger partial charge is 0.423 e. The SMILES string of the molecule is C=CC(=O)Oc1ccc2cc(C3(c4ccc5cc(OC(=O)C=C)ccc5c4)C4=C(c5ccccc5CC4)c4ccc5ccccc5c43)ccc2c1. The molecule has 2 aliphatic carbocycles. The number of carbonyl (C=O) groups is 2. The summed E-state index contributed by atoms with van der Waals surface area (Å²) in [6, 6.07) is 47.0. The molecule has 4 nitrogen and oxygen atoms in total. The van der Waals surface area contributed by atoms with Gasteiger partial charge in [0.2, 0.25) is 0 Å². The van der Waals surface area contributed by atoms with E-state index in [1.165, 1.54) is 67.5 Å². The summed E-state index contributed by atoms with van der Waals surface area (Å²) in [6.45, 7) is 7.07. The molecule has 0 saturated heterocycles. The highest BCUT2D eigenvalue weighted by Crippen LogP contribution is 2.61. The van der Waals surface area contributed by atoms with Crippen LogP contribution < -0.4 is 9.47 Å². The van der Waals surface area contributed by atoms with Crippen molar-refractivity contribution in [2.24, 2.45) is 0 Å². The van der Waals surface area contributed by atoms with Gasteiger partial charge in [0.1, 0.15) is 11.5 Å². The molecule has 4 heteroatoms. The third-order valence-electron chi connectivity index (χ3n) is 10.5. The number of hydrogen-bond acceptors (Lipinski definition) is 4. The van der Waals surface area contributed by atoms with Crippen LogP contribution in [0.2, 0.25) is 0 Å². The van der Waals surface area contributed by atoms with Gasteiger partial charge in [-0.1, -0.05) is 110 Å². The number of aryl methyl sites for hydroxylation is 1. The summed E-state index contributed by atoms with van der Waals surface area (Å²) in [5.41, 5.74) is 9.63. The van der Waals surface area contributed by atoms with E-state index in [2.05, 4.69) is 110 Å². The van der Waals surface area contributed by atoms with Gasteiger partial charge in [0.05, 0.1) is 5.41 Å². The summed E-state index contributed by atoms with van der Waals surface area (Å²) in [4.78, 5) is 24.0. The minimum absolute atomic E-state index is 0.480. The minimum Gasteiger partial charge on any atom is -0.423 e. The average molecular weight is 661 g/mol. The van der Waals surface area contributed by atoms with Gasteiger partial charge in [-0.05, 0) is 126 Å². The van der Waals surface area contributed by atoms with E-state index < -0.39 is 17.4 Å². The van der Waals surface area contributed by atoms with Crippen LogP contribution in [0.4, 0.5) is 0 Å². The molecular weight excluding hydrogens is 629 g/mol. The molecule has 0 atom stereocenters. The second kappa shape index (κ2) is 11.8. The van der Waals surface area contributed by atoms with Crippen LogP contribution in [-0.4, -0.2) is 11.9 Å². The first-order valence-electron chi connectivity index (χ1n) is 17.1. The van der Waals surface area contributed by atoms with E-state index in [9.17, 15) is 9.59 Å². The fourth-order valence-electron chi connectivity index (χ4n) is 8.41. The molecule has 0 saturated carbocycles. The molecule has 0 N–H and O–H groups in total. The summed E-state index contributed by atoms with van der Waals surface area (Å²) in [7, 11) is 0. The van der Waals surface area contributed by atoms with Crippen molar-refractivity contribution < 1.29 is 19.1 Å². The van der Waals surface area contributed by atoms with Crippen molar-refractivity contribution in [2.75, 3.05) is 0 Å². The Morgan fingerprint density at radius 3 is 1.75 bits per heavy atom. The minimum atomic E-state index is -0.622. The van der Waals surface area contributed by atoms with E-state index in [4.69, 9.17) is 9.47 Å². The average Bonchev–Trinajstić information content (AvgIpc) is 3.49. The van der Waals surface area contributed by atoms with E-state index in [1.807, 2.05) is 36.4 Å². The first-order chi connectivity index (χ1) is 25.0. The van der Waals surface area contributed by atoms with E-state index >= 15 is 0 Å². The molecule has 7 aromatic carbocycles. The number of ether oxygens (including phenoxy) is 2. The lowest BCUT2D eigenvalue weighted by Crippen LogP contribution is -2.31. The van der Waals surface area contributed by atoms with E-state index in [-0.39, 0.29) is 0 Å². The zero-order chi connectivity index (χ0) is 34.7. The molecule has 0 aromatic heterocycles. The fraction of sp³-hybridized carbons (Fsp3) is 0.0638. The number of allylic oxidation sites excluding steroid dienone is 1. The predicted molar refractivity (Wildman–Crippen MR) is 204 cm³/mol. The molecule has 244 valence electrons. The zero-order valence-corrected chi connectivity index (χ0v) is 27.8. The molecule has 0 radical (unpaired) electrons. The van der Waals surface area contributed by atoms with E-state index in [0.717, 1.165) is 34.4 Å². The topological polar surface area (TPSA) is 52.6 Å². The molecule has 0 bridgehead atoms. The Morgan fingerprint density at radius 1 is 0.549 bits per heavy atom. The lowest BCUT2D eigenvalue weighted by molar-refractivity contribution is -0.129. The third-order valence-corrected chi connectivity index (χ3v) is 10.5. The predicted octanol–water partition coefficient (Wildman–Crippen LogP) is 10.4. The van der Waals surface area contributed by atoms with Crippen LogP contribution in [0.1, 0.15) is 39.8 Å². The number of fused-ring (bicyclic) bond motifs is 8. The first kappa shape index (κ1) is 30.5. The van der Waals surface area contributed by atoms with Gasteiger partial charge in [-0.15, -0.1) is 0 Å². The van der Waals surface area contributed by atoms with Gasteiger partial charge >= 0.3 is 11.9 Å². The zero-order valence-electron chi connectivity index (χ0n) is 27.8. The summed E-state index contributed by atoms with van der Waals surface area (Å²) >= 11 is 0. The third kappa shape index (κ3) is 4.75. The second-order valence-corrected chi connectivity index (χ2v) is 13.2. The fourth-order valence-corrected chi connectivity index (χ4v) is 8.41. The molecular formula is C47H32O4. The first-order valence-corrected chi connectivity index (χ1v) is 17.1. The quantitative estimate of drug-likeness (QED) is 0.101. The standard InChI is InChI=1S/C47H32O4/c1-3-43(48)50-37-21-15-31-25-35(19-13-33(31)27-37)47(36-20-14-34-28-38(51-44(49)4-2)22-16-32(34)26-36)42-24-18-29-9-5-7-11-39(29)45(42)41-23-17-30-10-6-8-12-40(30)46(41)47/h3-17,19-23,25-28H,1-2,18,24H2. The van der Waals surface area contributed by atoms with Crippen LogP contribution in [0, 0.1) is 0 Å². The highest BCUT2D eigenvalue weighted by atomic mass is 16.5. The molecule has 2 aliphatic rings. The Bertz CT molecular complexity index is 2570. The van der Waals surface area contributed by atoms with Crippen LogP contribution in [0.25, 0.3) is 37.9 Å². The van der Waals surface area contributed by atoms with Crippen molar-refractivity contribution in [2.45, 2.75) is 18.3 Å². The molecule has 51 heavy (non-hydrogen) atoms. The van der Waals surface area contributed by atoms with Gasteiger partial charge in [0.15, 0.2) is 0 Å². The van der Waals surface area contributed by atoms with Crippen molar-refractivity contribution in [3.8, 4) is 11.5 Å². The summed E-state index contributed by atoms with van der Waals surface area (Å²) in [5.74, 6) is -0.0142. The highest BCUT2D eigenvalue weighted by molar-refractivity contribution is 6.04. The molecule has 0 unspecified atom stereocenters. The Kier molecular flexibility index (Phi) is 7.08. The van der Waals surface area contributed by atoms with Gasteiger partial charge in [0.25, 0.3) is 0 Å². The van der Waals surface area contributed by atoms with Gasteiger partial charge in [0, 0.05) is 12.2 Å². The van der Waals surface area contributed by atoms with Crippen LogP contribution in [0.3, 0.4) is 0 Å². The highest BCUT2D eigenvalue weighted by Gasteiger charge is 2.50. The van der Waals surface area contributed by atoms with Crippen LogP contribution >= 0.6 is 0 Å². The maximum Gasteiger partial charge on any atom is 0.335 e. The summed E-state index contributed by atoms with van der Waals surface area (Å²) < 4.78 is 10.9. The maximum absolute atomic E-state index is 12.0. The van der Waals surface area contributed by atoms with Gasteiger partial charge in [-0.2, -0.15) is 0 Å². The monoisotopic (exact) mass is 660 g/mol. The Labute approximate surface area is 295 Å². The Balaban J connectivity index is 1.36. The number of carbonyl (C=O) groups excluding carboxylic acids is 2. The van der Waals surface area contributed by atoms with Crippen molar-refractivity contribution in [1.29, 1.82) is 0 Å². The molecule has 9 rings (SSSR count). The van der Waals surface area contributed by atoms with Gasteiger partial charge in [-0.3, -0.25) is 0 Å². The lowest BCUT2D eigenvalue weighted by atomic mass is 9.63. The van der Waals surface area contributed by atoms with E-state index in [1.54, 1.807) is 0 Å². The number of esters is 2. The molecule has 0 fully saturated rings. The normalized spacial score (nSPS) is 14.1. The van der Waals surface area contributed by atoms with Crippen LogP contribution in [0.5, 0.6) is 11.5 Å². The molecule has 0 aliphatic heterocycles. The molecule has 0 heterocycles.